The number of phenols is 1. The van der Waals surface area contributed by atoms with Gasteiger partial charge in [0.2, 0.25) is 5.91 Å². The summed E-state index contributed by atoms with van der Waals surface area (Å²) < 4.78 is 1.59. The summed E-state index contributed by atoms with van der Waals surface area (Å²) in [6.45, 7) is 5.77. The molecule has 0 aliphatic carbocycles. The average Bonchev–Trinajstić information content (AvgIpc) is 2.93. The van der Waals surface area contributed by atoms with Crippen LogP contribution in [0.1, 0.15) is 41.9 Å². The molecule has 0 unspecified atom stereocenters. The first-order chi connectivity index (χ1) is 13.3. The van der Waals surface area contributed by atoms with Gasteiger partial charge in [0.25, 0.3) is 5.91 Å². The second kappa shape index (κ2) is 8.07. The molecule has 1 heterocycles. The first-order valence-electron chi connectivity index (χ1n) is 9.24. The maximum atomic E-state index is 13.2. The molecule has 2 N–H and O–H groups in total. The van der Waals surface area contributed by atoms with Gasteiger partial charge < -0.3 is 10.4 Å². The number of aromatic hydroxyl groups is 1. The topological polar surface area (TPSA) is 71.3 Å². The first-order valence-corrected chi connectivity index (χ1v) is 9.62. The number of halogens is 1. The Morgan fingerprint density at radius 2 is 1.86 bits per heavy atom. The van der Waals surface area contributed by atoms with E-state index in [2.05, 4.69) is 5.32 Å². The van der Waals surface area contributed by atoms with Crippen molar-refractivity contribution in [3.8, 4) is 5.75 Å². The highest BCUT2D eigenvalue weighted by Gasteiger charge is 2.22. The molecule has 0 bridgehead atoms. The maximum absolute atomic E-state index is 13.2. The second-order valence-corrected chi connectivity index (χ2v) is 7.40. The quantitative estimate of drug-likeness (QED) is 0.666. The Morgan fingerprint density at radius 3 is 2.50 bits per heavy atom. The van der Waals surface area contributed by atoms with Gasteiger partial charge in [0.15, 0.2) is 0 Å². The molecule has 3 rings (SSSR count). The average molecular weight is 399 g/mol. The number of nitrogens with zero attached hydrogens (tertiary/aromatic N) is 1. The smallest absolute Gasteiger partial charge is 0.262 e. The van der Waals surface area contributed by atoms with Crippen molar-refractivity contribution in [2.75, 3.05) is 0 Å². The van der Waals surface area contributed by atoms with E-state index in [4.69, 9.17) is 11.6 Å². The third-order valence-corrected chi connectivity index (χ3v) is 5.22. The first kappa shape index (κ1) is 20.0. The molecule has 0 aliphatic heterocycles. The molecule has 146 valence electrons. The highest BCUT2D eigenvalue weighted by Crippen LogP contribution is 2.30. The van der Waals surface area contributed by atoms with Crippen LogP contribution in [0.2, 0.25) is 5.02 Å². The Labute approximate surface area is 168 Å². The second-order valence-electron chi connectivity index (χ2n) is 6.97. The van der Waals surface area contributed by atoms with E-state index in [1.165, 1.54) is 6.07 Å². The molecule has 0 aliphatic rings. The fourth-order valence-electron chi connectivity index (χ4n) is 3.27. The number of fused-ring (bicyclic) bond motifs is 1. The van der Waals surface area contributed by atoms with Crippen LogP contribution in [-0.4, -0.2) is 27.5 Å². The van der Waals surface area contributed by atoms with E-state index in [-0.39, 0.29) is 30.0 Å². The Balaban J connectivity index is 2.08. The Hall–Kier alpha value is -2.79. The van der Waals surface area contributed by atoms with Gasteiger partial charge in [0.05, 0.1) is 11.9 Å². The fourth-order valence-corrected chi connectivity index (χ4v) is 3.39. The SMILES string of the molecule is CC[C@H](C)NC(=O)Cc1c(C)n(C(=O)c2ccc(Cl)cc2)c2ccc(O)cc12. The molecule has 28 heavy (non-hydrogen) atoms. The number of nitrogens with one attached hydrogen (secondary N) is 1. The number of carbonyl (C=O) groups excluding carboxylic acids is 2. The van der Waals surface area contributed by atoms with Crippen LogP contribution >= 0.6 is 11.6 Å². The van der Waals surface area contributed by atoms with Crippen molar-refractivity contribution in [3.63, 3.8) is 0 Å². The predicted molar refractivity (Wildman–Crippen MR) is 111 cm³/mol. The van der Waals surface area contributed by atoms with Gasteiger partial charge in [-0.25, -0.2) is 0 Å². The molecule has 0 radical (unpaired) electrons. The Kier molecular flexibility index (Phi) is 5.75. The third-order valence-electron chi connectivity index (χ3n) is 4.97. The molecule has 1 amide bonds. The lowest BCUT2D eigenvalue weighted by Gasteiger charge is -2.12. The van der Waals surface area contributed by atoms with E-state index in [0.717, 1.165) is 12.0 Å². The highest BCUT2D eigenvalue weighted by molar-refractivity contribution is 6.30. The minimum absolute atomic E-state index is 0.0743. The molecule has 6 heteroatoms. The van der Waals surface area contributed by atoms with Gasteiger partial charge in [-0.2, -0.15) is 0 Å². The summed E-state index contributed by atoms with van der Waals surface area (Å²) in [5.74, 6) is -0.232. The zero-order valence-corrected chi connectivity index (χ0v) is 16.9. The monoisotopic (exact) mass is 398 g/mol. The van der Waals surface area contributed by atoms with Gasteiger partial charge in [-0.05, 0) is 68.3 Å². The van der Waals surface area contributed by atoms with Crippen molar-refractivity contribution in [2.24, 2.45) is 0 Å². The zero-order valence-electron chi connectivity index (χ0n) is 16.1. The standard InChI is InChI=1S/C22H23ClN2O3/c1-4-13(2)24-21(27)12-18-14(3)25(20-10-9-17(26)11-19(18)20)22(28)15-5-7-16(23)8-6-15/h5-11,13,26H,4,12H2,1-3H3,(H,24,27)/t13-/m0/s1. The summed E-state index contributed by atoms with van der Waals surface area (Å²) in [5.41, 5.74) is 2.56. The molecule has 3 aromatic rings. The molecule has 0 saturated heterocycles. The summed E-state index contributed by atoms with van der Waals surface area (Å²) in [6.07, 6.45) is 0.972. The zero-order chi connectivity index (χ0) is 20.4. The van der Waals surface area contributed by atoms with E-state index >= 15 is 0 Å². The van der Waals surface area contributed by atoms with Crippen molar-refractivity contribution < 1.29 is 14.7 Å². The van der Waals surface area contributed by atoms with Crippen LogP contribution in [0.3, 0.4) is 0 Å². The largest absolute Gasteiger partial charge is 0.508 e. The lowest BCUT2D eigenvalue weighted by atomic mass is 10.1. The molecule has 2 aromatic carbocycles. The van der Waals surface area contributed by atoms with Crippen molar-refractivity contribution in [2.45, 2.75) is 39.7 Å². The third kappa shape index (κ3) is 3.90. The number of aromatic nitrogens is 1. The van der Waals surface area contributed by atoms with Gasteiger partial charge in [0.1, 0.15) is 5.75 Å². The van der Waals surface area contributed by atoms with Crippen LogP contribution in [-0.2, 0) is 11.2 Å². The summed E-state index contributed by atoms with van der Waals surface area (Å²) in [7, 11) is 0. The minimum Gasteiger partial charge on any atom is -0.508 e. The summed E-state index contributed by atoms with van der Waals surface area (Å²) in [6, 6.07) is 11.6. The van der Waals surface area contributed by atoms with Crippen molar-refractivity contribution in [3.05, 3.63) is 64.3 Å². The number of phenolic OH excluding ortho intramolecular Hbond substituents is 1. The van der Waals surface area contributed by atoms with Crippen LogP contribution in [0.25, 0.3) is 10.9 Å². The minimum atomic E-state index is -0.210. The number of rotatable bonds is 5. The van der Waals surface area contributed by atoms with Crippen molar-refractivity contribution >= 4 is 34.3 Å². The van der Waals surface area contributed by atoms with Gasteiger partial charge in [-0.15, -0.1) is 0 Å². The Morgan fingerprint density at radius 1 is 1.18 bits per heavy atom. The normalized spacial score (nSPS) is 12.1. The van der Waals surface area contributed by atoms with Gasteiger partial charge in [-0.1, -0.05) is 18.5 Å². The van der Waals surface area contributed by atoms with Gasteiger partial charge in [0, 0.05) is 27.7 Å². The summed E-state index contributed by atoms with van der Waals surface area (Å²) in [5, 5.41) is 14.1. The molecular formula is C22H23ClN2O3. The van der Waals surface area contributed by atoms with Gasteiger partial charge in [-0.3, -0.25) is 14.2 Å². The highest BCUT2D eigenvalue weighted by atomic mass is 35.5. The molecule has 5 nitrogen and oxygen atoms in total. The number of carbonyl (C=O) groups is 2. The lowest BCUT2D eigenvalue weighted by Crippen LogP contribution is -2.33. The van der Waals surface area contributed by atoms with Crippen LogP contribution < -0.4 is 5.32 Å². The molecule has 0 saturated carbocycles. The maximum Gasteiger partial charge on any atom is 0.262 e. The fraction of sp³-hybridized carbons (Fsp3) is 0.273. The number of hydrogen-bond acceptors (Lipinski definition) is 3. The van der Waals surface area contributed by atoms with E-state index in [0.29, 0.717) is 27.2 Å². The molecule has 1 aromatic heterocycles. The lowest BCUT2D eigenvalue weighted by molar-refractivity contribution is -0.121. The number of benzene rings is 2. The van der Waals surface area contributed by atoms with Crippen molar-refractivity contribution in [1.82, 2.24) is 9.88 Å². The predicted octanol–water partition coefficient (Wildman–Crippen LogP) is 4.45. The molecule has 0 fully saturated rings. The van der Waals surface area contributed by atoms with Crippen LogP contribution in [0.15, 0.2) is 42.5 Å². The van der Waals surface area contributed by atoms with Gasteiger partial charge >= 0.3 is 0 Å². The summed E-state index contributed by atoms with van der Waals surface area (Å²) >= 11 is 5.93. The van der Waals surface area contributed by atoms with E-state index < -0.39 is 0 Å². The Bertz CT molecular complexity index is 1040. The van der Waals surface area contributed by atoms with Crippen LogP contribution in [0.5, 0.6) is 5.75 Å². The number of hydrogen-bond donors (Lipinski definition) is 2. The van der Waals surface area contributed by atoms with Crippen molar-refractivity contribution in [1.29, 1.82) is 0 Å². The molecule has 1 atom stereocenters. The van der Waals surface area contributed by atoms with E-state index in [1.54, 1.807) is 41.0 Å². The summed E-state index contributed by atoms with van der Waals surface area (Å²) in [4.78, 5) is 25.6. The van der Waals surface area contributed by atoms with E-state index in [1.807, 2.05) is 20.8 Å². The van der Waals surface area contributed by atoms with Crippen LogP contribution in [0, 0.1) is 6.92 Å². The van der Waals surface area contributed by atoms with Crippen LogP contribution in [0.4, 0.5) is 0 Å². The molecule has 0 spiro atoms. The van der Waals surface area contributed by atoms with E-state index in [9.17, 15) is 14.7 Å². The number of amides is 1. The molecular weight excluding hydrogens is 376 g/mol.